The van der Waals surface area contributed by atoms with Gasteiger partial charge in [-0.25, -0.2) is 4.39 Å². The molecule has 1 saturated carbocycles. The molecule has 1 N–H and O–H groups in total. The van der Waals surface area contributed by atoms with E-state index in [0.29, 0.717) is 12.0 Å². The normalized spacial score (nSPS) is 21.1. The molecule has 1 aromatic rings. The number of halogens is 3. The van der Waals surface area contributed by atoms with Crippen molar-refractivity contribution < 1.29 is 4.39 Å². The van der Waals surface area contributed by atoms with Gasteiger partial charge in [0.15, 0.2) is 0 Å². The number of aryl methyl sites for hydroxylation is 1. The summed E-state index contributed by atoms with van der Waals surface area (Å²) >= 11 is 0. The summed E-state index contributed by atoms with van der Waals surface area (Å²) in [6.45, 7) is 6.40. The molecule has 2 fully saturated rings. The summed E-state index contributed by atoms with van der Waals surface area (Å²) in [4.78, 5) is 2.59. The van der Waals surface area contributed by atoms with Crippen LogP contribution in [0, 0.1) is 18.7 Å². The second-order valence-electron chi connectivity index (χ2n) is 6.63. The first kappa shape index (κ1) is 20.7. The molecule has 0 aromatic heterocycles. The van der Waals surface area contributed by atoms with Crippen molar-refractivity contribution in [2.24, 2.45) is 5.92 Å². The Morgan fingerprint density at radius 1 is 1.09 bits per heavy atom. The van der Waals surface area contributed by atoms with E-state index in [2.05, 4.69) is 17.1 Å². The van der Waals surface area contributed by atoms with E-state index in [1.807, 2.05) is 6.07 Å². The average Bonchev–Trinajstić information content (AvgIpc) is 2.53. The second-order valence-corrected chi connectivity index (χ2v) is 6.63. The van der Waals surface area contributed by atoms with Crippen molar-refractivity contribution in [1.82, 2.24) is 10.2 Å². The Labute approximate surface area is 152 Å². The van der Waals surface area contributed by atoms with Crippen molar-refractivity contribution in [2.45, 2.75) is 45.1 Å². The second kappa shape index (κ2) is 9.83. The smallest absolute Gasteiger partial charge is 0.123 e. The van der Waals surface area contributed by atoms with Gasteiger partial charge in [0.05, 0.1) is 0 Å². The van der Waals surface area contributed by atoms with Gasteiger partial charge in [-0.1, -0.05) is 25.3 Å². The van der Waals surface area contributed by atoms with E-state index >= 15 is 0 Å². The van der Waals surface area contributed by atoms with E-state index in [-0.39, 0.29) is 30.6 Å². The van der Waals surface area contributed by atoms with Crippen LogP contribution in [-0.2, 0) is 0 Å². The van der Waals surface area contributed by atoms with E-state index in [1.54, 1.807) is 12.1 Å². The maximum atomic E-state index is 13.8. The lowest BCUT2D eigenvalue weighted by atomic mass is 9.79. The van der Waals surface area contributed by atoms with E-state index in [4.69, 9.17) is 0 Å². The summed E-state index contributed by atoms with van der Waals surface area (Å²) in [6.07, 6.45) is 6.63. The van der Waals surface area contributed by atoms with Gasteiger partial charge in [-0.15, -0.1) is 24.8 Å². The highest BCUT2D eigenvalue weighted by atomic mass is 35.5. The standard InChI is InChI=1S/C18H27FN2.2ClH/c1-14-7-8-16(19)13-17(14)18(15-5-3-2-4-6-15)21-11-9-20-10-12-21;;/h7-8,13,15,18,20H,2-6,9-12H2,1H3;2*1H/t18-;;/m1../s1. The SMILES string of the molecule is Cc1ccc(F)cc1[C@@H](C1CCCCC1)N1CCNCC1.Cl.Cl. The zero-order valence-corrected chi connectivity index (χ0v) is 15.5. The lowest BCUT2D eigenvalue weighted by Crippen LogP contribution is -2.47. The summed E-state index contributed by atoms with van der Waals surface area (Å²) in [5.74, 6) is 0.601. The fourth-order valence-electron chi connectivity index (χ4n) is 4.09. The largest absolute Gasteiger partial charge is 0.314 e. The number of rotatable bonds is 3. The van der Waals surface area contributed by atoms with Gasteiger partial charge >= 0.3 is 0 Å². The number of piperazine rings is 1. The van der Waals surface area contributed by atoms with Crippen LogP contribution in [0.5, 0.6) is 0 Å². The Morgan fingerprint density at radius 2 is 1.74 bits per heavy atom. The number of nitrogens with zero attached hydrogens (tertiary/aromatic N) is 1. The van der Waals surface area contributed by atoms with Crippen molar-refractivity contribution in [3.05, 3.63) is 35.1 Å². The number of hydrogen-bond acceptors (Lipinski definition) is 2. The molecule has 1 saturated heterocycles. The van der Waals surface area contributed by atoms with Crippen LogP contribution in [0.1, 0.15) is 49.3 Å². The average molecular weight is 363 g/mol. The molecule has 0 radical (unpaired) electrons. The van der Waals surface area contributed by atoms with Crippen LogP contribution in [0.25, 0.3) is 0 Å². The minimum atomic E-state index is -0.0912. The maximum absolute atomic E-state index is 13.8. The van der Waals surface area contributed by atoms with Crippen LogP contribution in [0.3, 0.4) is 0 Å². The van der Waals surface area contributed by atoms with E-state index in [9.17, 15) is 4.39 Å². The third-order valence-corrected chi connectivity index (χ3v) is 5.20. The lowest BCUT2D eigenvalue weighted by molar-refractivity contribution is 0.103. The quantitative estimate of drug-likeness (QED) is 0.850. The van der Waals surface area contributed by atoms with E-state index in [1.165, 1.54) is 43.2 Å². The van der Waals surface area contributed by atoms with Crippen LogP contribution in [-0.4, -0.2) is 31.1 Å². The predicted molar refractivity (Wildman–Crippen MR) is 99.4 cm³/mol. The molecule has 23 heavy (non-hydrogen) atoms. The Kier molecular flexibility index (Phi) is 8.84. The highest BCUT2D eigenvalue weighted by Gasteiger charge is 2.31. The molecule has 1 aromatic carbocycles. The maximum Gasteiger partial charge on any atom is 0.123 e. The van der Waals surface area contributed by atoms with Gasteiger partial charge in [-0.2, -0.15) is 0 Å². The van der Waals surface area contributed by atoms with Gasteiger partial charge in [-0.05, 0) is 48.9 Å². The van der Waals surface area contributed by atoms with Crippen molar-refractivity contribution in [1.29, 1.82) is 0 Å². The summed E-state index contributed by atoms with van der Waals surface area (Å²) < 4.78 is 13.8. The first-order chi connectivity index (χ1) is 10.3. The first-order valence-electron chi connectivity index (χ1n) is 8.46. The molecule has 0 amide bonds. The zero-order chi connectivity index (χ0) is 14.7. The van der Waals surface area contributed by atoms with Crippen molar-refractivity contribution in [3.8, 4) is 0 Å². The summed E-state index contributed by atoms with van der Waals surface area (Å²) in [5, 5.41) is 3.43. The van der Waals surface area contributed by atoms with Gasteiger partial charge < -0.3 is 5.32 Å². The number of nitrogens with one attached hydrogen (secondary N) is 1. The summed E-state index contributed by atoms with van der Waals surface area (Å²) in [5.41, 5.74) is 2.47. The summed E-state index contributed by atoms with van der Waals surface area (Å²) in [6, 6.07) is 5.73. The molecule has 5 heteroatoms. The molecular weight excluding hydrogens is 334 g/mol. The Bertz CT molecular complexity index is 454. The van der Waals surface area contributed by atoms with Crippen LogP contribution >= 0.6 is 24.8 Å². The molecule has 2 nitrogen and oxygen atoms in total. The topological polar surface area (TPSA) is 15.3 Å². The first-order valence-corrected chi connectivity index (χ1v) is 8.46. The van der Waals surface area contributed by atoms with Crippen LogP contribution in [0.15, 0.2) is 18.2 Å². The van der Waals surface area contributed by atoms with E-state index in [0.717, 1.165) is 26.2 Å². The molecule has 0 bridgehead atoms. The fourth-order valence-corrected chi connectivity index (χ4v) is 4.09. The molecule has 0 unspecified atom stereocenters. The summed E-state index contributed by atoms with van der Waals surface area (Å²) in [7, 11) is 0. The monoisotopic (exact) mass is 362 g/mol. The highest BCUT2D eigenvalue weighted by molar-refractivity contribution is 5.85. The van der Waals surface area contributed by atoms with E-state index < -0.39 is 0 Å². The zero-order valence-electron chi connectivity index (χ0n) is 13.9. The fraction of sp³-hybridized carbons (Fsp3) is 0.667. The van der Waals surface area contributed by atoms with Crippen LogP contribution in [0.2, 0.25) is 0 Å². The Hall–Kier alpha value is -0.350. The Morgan fingerprint density at radius 3 is 2.39 bits per heavy atom. The molecule has 2 aliphatic rings. The molecule has 1 aliphatic carbocycles. The number of benzene rings is 1. The molecule has 1 heterocycles. The van der Waals surface area contributed by atoms with Gasteiger partial charge in [0, 0.05) is 32.2 Å². The molecule has 132 valence electrons. The van der Waals surface area contributed by atoms with Crippen molar-refractivity contribution >= 4 is 24.8 Å². The van der Waals surface area contributed by atoms with Crippen molar-refractivity contribution in [3.63, 3.8) is 0 Å². The molecule has 1 atom stereocenters. The van der Waals surface area contributed by atoms with Crippen LogP contribution in [0.4, 0.5) is 4.39 Å². The van der Waals surface area contributed by atoms with Gasteiger partial charge in [-0.3, -0.25) is 4.90 Å². The third kappa shape index (κ3) is 5.06. The highest BCUT2D eigenvalue weighted by Crippen LogP contribution is 2.39. The minimum absolute atomic E-state index is 0. The van der Waals surface area contributed by atoms with Crippen molar-refractivity contribution in [2.75, 3.05) is 26.2 Å². The number of hydrogen-bond donors (Lipinski definition) is 1. The van der Waals surface area contributed by atoms with Gasteiger partial charge in [0.25, 0.3) is 0 Å². The Balaban J connectivity index is 0.00000132. The third-order valence-electron chi connectivity index (χ3n) is 5.20. The molecule has 0 spiro atoms. The lowest BCUT2D eigenvalue weighted by Gasteiger charge is -2.41. The van der Waals surface area contributed by atoms with Crippen LogP contribution < -0.4 is 5.32 Å². The van der Waals surface area contributed by atoms with Gasteiger partial charge in [0.2, 0.25) is 0 Å². The van der Waals surface area contributed by atoms with Gasteiger partial charge in [0.1, 0.15) is 5.82 Å². The molecular formula is C18H29Cl2FN2. The predicted octanol–water partition coefficient (Wildman–Crippen LogP) is 4.50. The minimum Gasteiger partial charge on any atom is -0.314 e. The molecule has 3 rings (SSSR count). The molecule has 1 aliphatic heterocycles.